The van der Waals surface area contributed by atoms with Crippen molar-refractivity contribution < 1.29 is 5.21 Å². The third-order valence-electron chi connectivity index (χ3n) is 4.34. The minimum absolute atomic E-state index is 0.389. The lowest BCUT2D eigenvalue weighted by molar-refractivity contribution is -0.0992. The molecule has 0 aromatic heterocycles. The first-order valence-electron chi connectivity index (χ1n) is 7.33. The molecule has 3 heteroatoms. The van der Waals surface area contributed by atoms with Crippen molar-refractivity contribution in [3.8, 4) is 23.7 Å². The monoisotopic (exact) mass is 294 g/mol. The van der Waals surface area contributed by atoms with E-state index >= 15 is 0 Å². The van der Waals surface area contributed by atoms with Crippen molar-refractivity contribution in [2.24, 2.45) is 4.99 Å². The molecule has 22 heavy (non-hydrogen) atoms. The Bertz CT molecular complexity index is 711. The van der Waals surface area contributed by atoms with Gasteiger partial charge in [0.05, 0.1) is 11.1 Å². The molecular weight excluding hydrogens is 272 g/mol. The van der Waals surface area contributed by atoms with Crippen LogP contribution in [0.5, 0.6) is 0 Å². The van der Waals surface area contributed by atoms with E-state index in [1.807, 2.05) is 45.9 Å². The van der Waals surface area contributed by atoms with Crippen molar-refractivity contribution in [2.75, 3.05) is 0 Å². The van der Waals surface area contributed by atoms with Crippen LogP contribution in [0.1, 0.15) is 58.2 Å². The van der Waals surface area contributed by atoms with Crippen molar-refractivity contribution in [2.45, 2.75) is 52.6 Å². The third-order valence-corrected chi connectivity index (χ3v) is 4.34. The number of hydroxylamine groups is 2. The fourth-order valence-corrected chi connectivity index (χ4v) is 2.35. The second-order valence-electron chi connectivity index (χ2n) is 6.41. The van der Waals surface area contributed by atoms with E-state index in [0.717, 1.165) is 16.7 Å². The van der Waals surface area contributed by atoms with E-state index < -0.39 is 5.54 Å². The second kappa shape index (κ2) is 5.52. The predicted octanol–water partition coefficient (Wildman–Crippen LogP) is 3.44. The van der Waals surface area contributed by atoms with Gasteiger partial charge in [0, 0.05) is 16.7 Å². The van der Waals surface area contributed by atoms with Crippen LogP contribution < -0.4 is 0 Å². The van der Waals surface area contributed by atoms with Gasteiger partial charge in [0.2, 0.25) is 0 Å². The molecule has 1 aromatic rings. The third kappa shape index (κ3) is 2.61. The van der Waals surface area contributed by atoms with Crippen LogP contribution in [0.2, 0.25) is 0 Å². The number of benzene rings is 1. The molecule has 1 aromatic carbocycles. The molecule has 0 aliphatic carbocycles. The van der Waals surface area contributed by atoms with Crippen molar-refractivity contribution in [3.63, 3.8) is 0 Å². The topological polar surface area (TPSA) is 35.8 Å². The summed E-state index contributed by atoms with van der Waals surface area (Å²) in [4.78, 5) is 4.72. The van der Waals surface area contributed by atoms with Crippen molar-refractivity contribution in [1.82, 2.24) is 5.06 Å². The average molecular weight is 294 g/mol. The van der Waals surface area contributed by atoms with Crippen LogP contribution >= 0.6 is 0 Å². The summed E-state index contributed by atoms with van der Waals surface area (Å²) >= 11 is 0. The highest BCUT2D eigenvalue weighted by atomic mass is 16.5. The fraction of sp³-hybridized carbons (Fsp3) is 0.421. The molecule has 0 bridgehead atoms. The van der Waals surface area contributed by atoms with E-state index in [0.29, 0.717) is 5.84 Å². The normalized spacial score (nSPS) is 18.0. The molecule has 0 fully saturated rings. The molecule has 0 radical (unpaired) electrons. The number of nitrogens with zero attached hydrogens (tertiary/aromatic N) is 2. The Labute approximate surface area is 133 Å². The summed E-state index contributed by atoms with van der Waals surface area (Å²) in [5.41, 5.74) is 1.71. The van der Waals surface area contributed by atoms with Gasteiger partial charge in [-0.2, -0.15) is 0 Å². The molecule has 3 nitrogen and oxygen atoms in total. The smallest absolute Gasteiger partial charge is 0.156 e. The first-order chi connectivity index (χ1) is 10.2. The number of hydrogen-bond acceptors (Lipinski definition) is 3. The van der Waals surface area contributed by atoms with Gasteiger partial charge in [0.1, 0.15) is 0 Å². The van der Waals surface area contributed by atoms with Gasteiger partial charge in [-0.3, -0.25) is 10.2 Å². The molecule has 1 aliphatic rings. The molecule has 0 amide bonds. The van der Waals surface area contributed by atoms with E-state index in [1.165, 1.54) is 5.06 Å². The van der Waals surface area contributed by atoms with E-state index in [1.54, 1.807) is 13.8 Å². The lowest BCUT2D eigenvalue weighted by atomic mass is 9.84. The van der Waals surface area contributed by atoms with Crippen molar-refractivity contribution >= 4 is 5.84 Å². The standard InChI is InChI=1S/C19H22N2O/c1-7-9-14-11-15(10-8-2)13-16(12-14)17-20-18(3,4)19(5,6)21(17)22/h11-13,22H,1-6H3. The summed E-state index contributed by atoms with van der Waals surface area (Å²) in [7, 11) is 0. The minimum Gasteiger partial charge on any atom is -0.286 e. The minimum atomic E-state index is -0.481. The Balaban J connectivity index is 2.61. The zero-order chi connectivity index (χ0) is 16.5. The number of aliphatic imine (C=N–C) groups is 1. The maximum Gasteiger partial charge on any atom is 0.156 e. The molecular formula is C19H22N2O. The van der Waals surface area contributed by atoms with Gasteiger partial charge < -0.3 is 0 Å². The Hall–Kier alpha value is -2.23. The molecule has 0 atom stereocenters. The van der Waals surface area contributed by atoms with E-state index in [4.69, 9.17) is 4.99 Å². The van der Waals surface area contributed by atoms with Crippen LogP contribution in [0.3, 0.4) is 0 Å². The maximum absolute atomic E-state index is 10.6. The fourth-order valence-electron chi connectivity index (χ4n) is 2.35. The van der Waals surface area contributed by atoms with E-state index in [9.17, 15) is 5.21 Å². The molecule has 1 aliphatic heterocycles. The molecule has 114 valence electrons. The lowest BCUT2D eigenvalue weighted by Gasteiger charge is -2.36. The van der Waals surface area contributed by atoms with E-state index in [2.05, 4.69) is 23.7 Å². The van der Waals surface area contributed by atoms with Crippen LogP contribution in [0.4, 0.5) is 0 Å². The molecule has 0 saturated carbocycles. The molecule has 1 heterocycles. The largest absolute Gasteiger partial charge is 0.286 e. The van der Waals surface area contributed by atoms with Crippen LogP contribution in [0.15, 0.2) is 23.2 Å². The first kappa shape index (κ1) is 16.1. The summed E-state index contributed by atoms with van der Waals surface area (Å²) < 4.78 is 0. The summed E-state index contributed by atoms with van der Waals surface area (Å²) in [5, 5.41) is 11.8. The average Bonchev–Trinajstić information content (AvgIpc) is 2.59. The Kier molecular flexibility index (Phi) is 4.05. The highest BCUT2D eigenvalue weighted by Gasteiger charge is 2.49. The zero-order valence-electron chi connectivity index (χ0n) is 14.1. The lowest BCUT2D eigenvalue weighted by Crippen LogP contribution is -2.51. The maximum atomic E-state index is 10.6. The van der Waals surface area contributed by atoms with Crippen LogP contribution in [0, 0.1) is 23.7 Å². The summed E-state index contributed by atoms with van der Waals surface area (Å²) in [6.07, 6.45) is 0. The van der Waals surface area contributed by atoms with Gasteiger partial charge in [-0.05, 0) is 59.7 Å². The second-order valence-corrected chi connectivity index (χ2v) is 6.41. The molecule has 1 N–H and O–H groups in total. The van der Waals surface area contributed by atoms with Crippen LogP contribution in [-0.4, -0.2) is 27.2 Å². The van der Waals surface area contributed by atoms with Crippen LogP contribution in [-0.2, 0) is 0 Å². The number of rotatable bonds is 1. The molecule has 2 rings (SSSR count). The van der Waals surface area contributed by atoms with Gasteiger partial charge in [0.25, 0.3) is 0 Å². The van der Waals surface area contributed by atoms with Gasteiger partial charge in [-0.15, -0.1) is 11.8 Å². The summed E-state index contributed by atoms with van der Waals surface area (Å²) in [5.74, 6) is 12.5. The Morgan fingerprint density at radius 3 is 1.82 bits per heavy atom. The van der Waals surface area contributed by atoms with Crippen LogP contribution in [0.25, 0.3) is 0 Å². The molecule has 0 unspecified atom stereocenters. The number of hydrogen-bond donors (Lipinski definition) is 1. The highest BCUT2D eigenvalue weighted by molar-refractivity contribution is 6.01. The van der Waals surface area contributed by atoms with Crippen molar-refractivity contribution in [3.05, 3.63) is 34.9 Å². The summed E-state index contributed by atoms with van der Waals surface area (Å²) in [6.45, 7) is 11.6. The first-order valence-corrected chi connectivity index (χ1v) is 7.33. The van der Waals surface area contributed by atoms with Gasteiger partial charge in [0.15, 0.2) is 5.84 Å². The quantitative estimate of drug-likeness (QED) is 0.805. The Morgan fingerprint density at radius 2 is 1.45 bits per heavy atom. The zero-order valence-corrected chi connectivity index (χ0v) is 14.1. The van der Waals surface area contributed by atoms with Gasteiger partial charge in [-0.1, -0.05) is 11.8 Å². The number of amidine groups is 1. The highest BCUT2D eigenvalue weighted by Crippen LogP contribution is 2.37. The predicted molar refractivity (Wildman–Crippen MR) is 89.9 cm³/mol. The van der Waals surface area contributed by atoms with Gasteiger partial charge >= 0.3 is 0 Å². The Morgan fingerprint density at radius 1 is 0.955 bits per heavy atom. The molecule has 0 spiro atoms. The van der Waals surface area contributed by atoms with E-state index in [-0.39, 0.29) is 5.54 Å². The van der Waals surface area contributed by atoms with Gasteiger partial charge in [-0.25, -0.2) is 5.06 Å². The van der Waals surface area contributed by atoms with Crippen molar-refractivity contribution in [1.29, 1.82) is 0 Å². The SMILES string of the molecule is CC#Cc1cc(C#CC)cc(C2=NC(C)(C)C(C)(C)N2O)c1. The summed E-state index contributed by atoms with van der Waals surface area (Å²) in [6, 6.07) is 5.83. The molecule has 0 saturated heterocycles.